The molecule has 1 saturated carbocycles. The molecule has 2 amide bonds. The van der Waals surface area contributed by atoms with E-state index in [0.29, 0.717) is 22.2 Å². The molecule has 1 heterocycles. The first-order valence-electron chi connectivity index (χ1n) is 9.66. The van der Waals surface area contributed by atoms with Crippen LogP contribution in [0.25, 0.3) is 5.69 Å². The molecule has 1 atom stereocenters. The monoisotopic (exact) mass is 418 g/mol. The number of amides is 2. The number of nitrogens with one attached hydrogen (secondary N) is 2. The summed E-state index contributed by atoms with van der Waals surface area (Å²) in [6, 6.07) is 7.29. The average molecular weight is 419 g/mol. The van der Waals surface area contributed by atoms with Crippen LogP contribution in [0.5, 0.6) is 0 Å². The third-order valence-corrected chi connectivity index (χ3v) is 5.14. The first-order valence-corrected chi connectivity index (χ1v) is 10.0. The van der Waals surface area contributed by atoms with E-state index in [1.54, 1.807) is 16.9 Å². The number of ether oxygens (including phenoxy) is 1. The topological polar surface area (TPSA) is 85.2 Å². The van der Waals surface area contributed by atoms with Gasteiger partial charge in [0.2, 0.25) is 0 Å². The Hall–Kier alpha value is -2.54. The minimum absolute atomic E-state index is 0.247. The van der Waals surface area contributed by atoms with Crippen molar-refractivity contribution < 1.29 is 14.3 Å². The van der Waals surface area contributed by atoms with Gasteiger partial charge in [0.05, 0.1) is 28.0 Å². The van der Waals surface area contributed by atoms with Crippen molar-refractivity contribution in [1.29, 1.82) is 0 Å². The molecule has 1 aromatic heterocycles. The predicted molar refractivity (Wildman–Crippen MR) is 111 cm³/mol. The van der Waals surface area contributed by atoms with Gasteiger partial charge in [-0.1, -0.05) is 23.7 Å². The molecule has 1 fully saturated rings. The molecule has 0 bridgehead atoms. The van der Waals surface area contributed by atoms with Crippen LogP contribution in [0.1, 0.15) is 50.9 Å². The molecule has 156 valence electrons. The summed E-state index contributed by atoms with van der Waals surface area (Å²) in [6.07, 6.45) is 4.67. The Balaban J connectivity index is 1.67. The van der Waals surface area contributed by atoms with Crippen molar-refractivity contribution in [3.63, 3.8) is 0 Å². The van der Waals surface area contributed by atoms with Gasteiger partial charge < -0.3 is 15.4 Å². The molecule has 1 aromatic carbocycles. The fourth-order valence-corrected chi connectivity index (χ4v) is 3.34. The molecule has 0 spiro atoms. The van der Waals surface area contributed by atoms with Crippen LogP contribution in [0.4, 0.5) is 4.79 Å². The molecule has 2 N–H and O–H groups in total. The zero-order chi connectivity index (χ0) is 21.2. The molecule has 29 heavy (non-hydrogen) atoms. The summed E-state index contributed by atoms with van der Waals surface area (Å²) in [7, 11) is 0. The van der Waals surface area contributed by atoms with Crippen LogP contribution in [0, 0.1) is 5.92 Å². The zero-order valence-corrected chi connectivity index (χ0v) is 17.9. The van der Waals surface area contributed by atoms with E-state index in [2.05, 4.69) is 15.7 Å². The second kappa shape index (κ2) is 8.06. The second-order valence-corrected chi connectivity index (χ2v) is 9.03. The van der Waals surface area contributed by atoms with E-state index in [9.17, 15) is 9.59 Å². The van der Waals surface area contributed by atoms with E-state index in [4.69, 9.17) is 16.3 Å². The van der Waals surface area contributed by atoms with Crippen LogP contribution in [-0.2, 0) is 4.74 Å². The molecule has 8 heteroatoms. The number of hydrogen-bond donors (Lipinski definition) is 2. The highest BCUT2D eigenvalue weighted by molar-refractivity contribution is 6.32. The minimum Gasteiger partial charge on any atom is -0.444 e. The van der Waals surface area contributed by atoms with Crippen LogP contribution in [-0.4, -0.2) is 39.5 Å². The van der Waals surface area contributed by atoms with Crippen molar-refractivity contribution in [2.24, 2.45) is 5.92 Å². The van der Waals surface area contributed by atoms with Gasteiger partial charge in [-0.15, -0.1) is 0 Å². The molecule has 0 saturated heterocycles. The minimum atomic E-state index is -0.573. The van der Waals surface area contributed by atoms with E-state index < -0.39 is 17.2 Å². The highest BCUT2D eigenvalue weighted by Crippen LogP contribution is 2.39. The largest absolute Gasteiger partial charge is 0.444 e. The molecule has 0 radical (unpaired) electrons. The highest BCUT2D eigenvalue weighted by Gasteiger charge is 2.43. The van der Waals surface area contributed by atoms with Crippen LogP contribution in [0.3, 0.4) is 0 Å². The number of hydrogen-bond acceptors (Lipinski definition) is 4. The maximum atomic E-state index is 12.9. The molecule has 1 aliphatic carbocycles. The summed E-state index contributed by atoms with van der Waals surface area (Å²) in [4.78, 5) is 24.9. The zero-order valence-electron chi connectivity index (χ0n) is 17.2. The Kier molecular flexibility index (Phi) is 5.89. The lowest BCUT2D eigenvalue weighted by molar-refractivity contribution is 0.0502. The van der Waals surface area contributed by atoms with E-state index in [-0.39, 0.29) is 12.5 Å². The van der Waals surface area contributed by atoms with Crippen LogP contribution in [0.15, 0.2) is 36.7 Å². The summed E-state index contributed by atoms with van der Waals surface area (Å²) < 4.78 is 6.87. The Bertz CT molecular complexity index is 901. The molecule has 1 aliphatic rings. The summed E-state index contributed by atoms with van der Waals surface area (Å²) in [6.45, 7) is 7.66. The molecular formula is C21H27ClN4O3. The van der Waals surface area contributed by atoms with Gasteiger partial charge >= 0.3 is 6.09 Å². The maximum absolute atomic E-state index is 12.9. The van der Waals surface area contributed by atoms with Crippen LogP contribution < -0.4 is 10.6 Å². The average Bonchev–Trinajstić information content (AvgIpc) is 3.37. The van der Waals surface area contributed by atoms with Crippen molar-refractivity contribution in [3.05, 3.63) is 47.2 Å². The number of benzene rings is 1. The summed E-state index contributed by atoms with van der Waals surface area (Å²) >= 11 is 6.21. The lowest BCUT2D eigenvalue weighted by Crippen LogP contribution is -2.55. The molecule has 7 nitrogen and oxygen atoms in total. The number of halogens is 1. The predicted octanol–water partition coefficient (Wildman–Crippen LogP) is 3.95. The Morgan fingerprint density at radius 3 is 2.55 bits per heavy atom. The Morgan fingerprint density at radius 2 is 1.93 bits per heavy atom. The molecule has 3 rings (SSSR count). The quantitative estimate of drug-likeness (QED) is 0.743. The van der Waals surface area contributed by atoms with Gasteiger partial charge in [0.1, 0.15) is 5.60 Å². The van der Waals surface area contributed by atoms with Gasteiger partial charge in [-0.3, -0.25) is 4.79 Å². The smallest absolute Gasteiger partial charge is 0.407 e. The van der Waals surface area contributed by atoms with E-state index >= 15 is 0 Å². The summed E-state index contributed by atoms with van der Waals surface area (Å²) in [5, 5.41) is 10.7. The summed E-state index contributed by atoms with van der Waals surface area (Å²) in [5.74, 6) is 0.0590. The van der Waals surface area contributed by atoms with Crippen molar-refractivity contribution in [2.75, 3.05) is 6.54 Å². The summed E-state index contributed by atoms with van der Waals surface area (Å²) in [5.41, 5.74) is -0.0179. The van der Waals surface area contributed by atoms with Gasteiger partial charge in [0.15, 0.2) is 0 Å². The number of rotatable bonds is 6. The standard InChI is InChI=1S/C21H27ClN4O3/c1-20(2,3)29-19(28)23-13-21(4,15-9-10-15)25-18(27)14-11-24-26(12-14)17-8-6-5-7-16(17)22/h5-8,11-12,15H,9-10,13H2,1-4H3,(H,23,28)(H,25,27). The van der Waals surface area contributed by atoms with E-state index in [1.165, 1.54) is 6.20 Å². The van der Waals surface area contributed by atoms with Crippen LogP contribution in [0.2, 0.25) is 5.02 Å². The Labute approximate surface area is 175 Å². The molecule has 0 aliphatic heterocycles. The fraction of sp³-hybridized carbons (Fsp3) is 0.476. The van der Waals surface area contributed by atoms with Crippen molar-refractivity contribution >= 4 is 23.6 Å². The van der Waals surface area contributed by atoms with Gasteiger partial charge in [0, 0.05) is 12.7 Å². The highest BCUT2D eigenvalue weighted by atomic mass is 35.5. The third-order valence-electron chi connectivity index (χ3n) is 4.82. The number of carbonyl (C=O) groups is 2. The second-order valence-electron chi connectivity index (χ2n) is 8.63. The fourth-order valence-electron chi connectivity index (χ4n) is 3.12. The van der Waals surface area contributed by atoms with Crippen LogP contribution >= 0.6 is 11.6 Å². The van der Waals surface area contributed by atoms with Gasteiger partial charge in [-0.05, 0) is 58.6 Å². The number of para-hydroxylation sites is 1. The lowest BCUT2D eigenvalue weighted by atomic mass is 9.95. The third kappa shape index (κ3) is 5.50. The molecule has 1 unspecified atom stereocenters. The van der Waals surface area contributed by atoms with Crippen molar-refractivity contribution in [1.82, 2.24) is 20.4 Å². The SMILES string of the molecule is CC(C)(C)OC(=O)NCC(C)(NC(=O)c1cnn(-c2ccccc2Cl)c1)C1CC1. The van der Waals surface area contributed by atoms with Gasteiger partial charge in [-0.25, -0.2) is 9.48 Å². The number of nitrogens with zero attached hydrogens (tertiary/aromatic N) is 2. The van der Waals surface area contributed by atoms with Gasteiger partial charge in [0.25, 0.3) is 5.91 Å². The van der Waals surface area contributed by atoms with Crippen molar-refractivity contribution in [2.45, 2.75) is 51.7 Å². The van der Waals surface area contributed by atoms with E-state index in [0.717, 1.165) is 12.8 Å². The maximum Gasteiger partial charge on any atom is 0.407 e. The molecular weight excluding hydrogens is 392 g/mol. The number of carbonyl (C=O) groups excluding carboxylic acids is 2. The molecule has 2 aromatic rings. The number of alkyl carbamates (subject to hydrolysis) is 1. The number of aromatic nitrogens is 2. The first kappa shape index (κ1) is 21.2. The van der Waals surface area contributed by atoms with E-state index in [1.807, 2.05) is 45.9 Å². The van der Waals surface area contributed by atoms with Crippen molar-refractivity contribution in [3.8, 4) is 5.69 Å². The first-order chi connectivity index (χ1) is 13.6. The normalized spacial score (nSPS) is 16.0. The van der Waals surface area contributed by atoms with Gasteiger partial charge in [-0.2, -0.15) is 5.10 Å². The lowest BCUT2D eigenvalue weighted by Gasteiger charge is -2.31. The Morgan fingerprint density at radius 1 is 1.24 bits per heavy atom.